The summed E-state index contributed by atoms with van der Waals surface area (Å²) in [5.74, 6) is 0.930. The van der Waals surface area contributed by atoms with Crippen LogP contribution in [0.5, 0.6) is 0 Å². The largest absolute Gasteiger partial charge is 0.340 e. The molecule has 0 aliphatic carbocycles. The minimum Gasteiger partial charge on any atom is -0.340 e. The number of anilines is 2. The molecule has 0 radical (unpaired) electrons. The molecule has 0 unspecified atom stereocenters. The monoisotopic (exact) mass is 327 g/mol. The fourth-order valence-corrected chi connectivity index (χ4v) is 2.15. The number of halogens is 1. The lowest BCUT2D eigenvalue weighted by Gasteiger charge is -2.08. The third-order valence-corrected chi connectivity index (χ3v) is 3.37. The molecule has 6 nitrogen and oxygen atoms in total. The Labute approximate surface area is 138 Å². The Morgan fingerprint density at radius 3 is 2.57 bits per heavy atom. The number of hydrogen-bond acceptors (Lipinski definition) is 5. The molecule has 7 heteroatoms. The summed E-state index contributed by atoms with van der Waals surface area (Å²) in [6.45, 7) is 3.34. The minimum atomic E-state index is -0.101. The van der Waals surface area contributed by atoms with Crippen molar-refractivity contribution in [1.82, 2.24) is 19.7 Å². The number of ketones is 1. The highest BCUT2D eigenvalue weighted by molar-refractivity contribution is 6.30. The molecule has 3 aromatic rings. The van der Waals surface area contributed by atoms with Crippen molar-refractivity contribution in [3.63, 3.8) is 0 Å². The van der Waals surface area contributed by atoms with Crippen molar-refractivity contribution >= 4 is 28.9 Å². The smallest absolute Gasteiger partial charge is 0.252 e. The van der Waals surface area contributed by atoms with Crippen molar-refractivity contribution in [1.29, 1.82) is 0 Å². The maximum Gasteiger partial charge on any atom is 0.252 e. The van der Waals surface area contributed by atoms with Crippen molar-refractivity contribution in [2.75, 3.05) is 5.32 Å². The lowest BCUT2D eigenvalue weighted by molar-refractivity contribution is 0.101. The molecule has 0 aliphatic heterocycles. The van der Waals surface area contributed by atoms with Crippen LogP contribution < -0.4 is 5.32 Å². The molecular weight excluding hydrogens is 314 g/mol. The van der Waals surface area contributed by atoms with Gasteiger partial charge < -0.3 is 5.32 Å². The van der Waals surface area contributed by atoms with Crippen LogP contribution in [-0.4, -0.2) is 25.5 Å². The number of carbonyl (C=O) groups excluding carboxylic acids is 1. The standard InChI is InChI=1S/C16H14ClN5O/c1-10-9-15(19-13-5-3-12(17)4-6-13)20-16(18-10)22-8-7-14(21-22)11(2)23/h3-9H,1-2H3,(H,18,19,20). The van der Waals surface area contributed by atoms with E-state index in [1.54, 1.807) is 24.4 Å². The van der Waals surface area contributed by atoms with Gasteiger partial charge in [-0.05, 0) is 37.3 Å². The quantitative estimate of drug-likeness (QED) is 0.742. The number of benzene rings is 1. The topological polar surface area (TPSA) is 72.7 Å². The third-order valence-electron chi connectivity index (χ3n) is 3.11. The van der Waals surface area contributed by atoms with Crippen LogP contribution in [0.3, 0.4) is 0 Å². The summed E-state index contributed by atoms with van der Waals surface area (Å²) in [4.78, 5) is 20.1. The van der Waals surface area contributed by atoms with E-state index in [2.05, 4.69) is 20.4 Å². The molecule has 0 fully saturated rings. The van der Waals surface area contributed by atoms with Gasteiger partial charge in [-0.1, -0.05) is 11.6 Å². The highest BCUT2D eigenvalue weighted by atomic mass is 35.5. The van der Waals surface area contributed by atoms with E-state index >= 15 is 0 Å². The Bertz CT molecular complexity index is 857. The van der Waals surface area contributed by atoms with Crippen LogP contribution in [0.15, 0.2) is 42.6 Å². The van der Waals surface area contributed by atoms with E-state index in [4.69, 9.17) is 11.6 Å². The molecular formula is C16H14ClN5O. The number of nitrogens with one attached hydrogen (secondary N) is 1. The Kier molecular flexibility index (Phi) is 4.08. The molecule has 2 aromatic heterocycles. The molecule has 1 aromatic carbocycles. The van der Waals surface area contributed by atoms with Gasteiger partial charge in [-0.25, -0.2) is 9.67 Å². The second-order valence-corrected chi connectivity index (χ2v) is 5.46. The molecule has 116 valence electrons. The highest BCUT2D eigenvalue weighted by Gasteiger charge is 2.09. The fraction of sp³-hybridized carbons (Fsp3) is 0.125. The number of Topliss-reactive ketones (excluding diaryl/α,β-unsaturated/α-hetero) is 1. The SMILES string of the molecule is CC(=O)c1ccn(-c2nc(C)cc(Nc3ccc(Cl)cc3)n2)n1. The van der Waals surface area contributed by atoms with Gasteiger partial charge in [-0.3, -0.25) is 4.79 Å². The molecule has 23 heavy (non-hydrogen) atoms. The second kappa shape index (κ2) is 6.18. The molecule has 0 amide bonds. The summed E-state index contributed by atoms with van der Waals surface area (Å²) in [5.41, 5.74) is 2.02. The number of carbonyl (C=O) groups is 1. The lowest BCUT2D eigenvalue weighted by Crippen LogP contribution is -2.07. The maximum atomic E-state index is 11.4. The van der Waals surface area contributed by atoms with Gasteiger partial charge in [0.05, 0.1) is 0 Å². The molecule has 0 saturated heterocycles. The van der Waals surface area contributed by atoms with Gasteiger partial charge in [0, 0.05) is 35.6 Å². The Balaban J connectivity index is 1.92. The summed E-state index contributed by atoms with van der Waals surface area (Å²) in [7, 11) is 0. The first kappa shape index (κ1) is 15.2. The Hall–Kier alpha value is -2.73. The molecule has 2 heterocycles. The summed E-state index contributed by atoms with van der Waals surface area (Å²) in [6.07, 6.45) is 1.66. The minimum absolute atomic E-state index is 0.101. The van der Waals surface area contributed by atoms with E-state index in [0.717, 1.165) is 11.4 Å². The summed E-state index contributed by atoms with van der Waals surface area (Å²) in [5, 5.41) is 8.04. The molecule has 0 saturated carbocycles. The van der Waals surface area contributed by atoms with Crippen LogP contribution in [0.25, 0.3) is 5.95 Å². The molecule has 0 aliphatic rings. The van der Waals surface area contributed by atoms with Crippen molar-refractivity contribution < 1.29 is 4.79 Å². The van der Waals surface area contributed by atoms with Gasteiger partial charge in [0.25, 0.3) is 5.95 Å². The van der Waals surface area contributed by atoms with E-state index in [1.807, 2.05) is 25.1 Å². The van der Waals surface area contributed by atoms with Crippen LogP contribution >= 0.6 is 11.6 Å². The molecule has 0 bridgehead atoms. The average molecular weight is 328 g/mol. The third kappa shape index (κ3) is 3.54. The van der Waals surface area contributed by atoms with Gasteiger partial charge in [0.15, 0.2) is 5.78 Å². The molecule has 0 spiro atoms. The zero-order valence-electron chi connectivity index (χ0n) is 12.6. The predicted molar refractivity (Wildman–Crippen MR) is 88.6 cm³/mol. The summed E-state index contributed by atoms with van der Waals surface area (Å²) in [6, 6.07) is 10.8. The number of rotatable bonds is 4. The van der Waals surface area contributed by atoms with E-state index in [1.165, 1.54) is 11.6 Å². The number of hydrogen-bond donors (Lipinski definition) is 1. The van der Waals surface area contributed by atoms with E-state index in [0.29, 0.717) is 22.5 Å². The first-order valence-electron chi connectivity index (χ1n) is 6.96. The Morgan fingerprint density at radius 1 is 1.17 bits per heavy atom. The lowest BCUT2D eigenvalue weighted by atomic mass is 10.3. The van der Waals surface area contributed by atoms with Gasteiger partial charge in [0.2, 0.25) is 0 Å². The van der Waals surface area contributed by atoms with Crippen molar-refractivity contribution in [3.8, 4) is 5.95 Å². The predicted octanol–water partition coefficient (Wildman–Crippen LogP) is 3.57. The van der Waals surface area contributed by atoms with Gasteiger partial charge in [-0.15, -0.1) is 0 Å². The first-order valence-corrected chi connectivity index (χ1v) is 7.34. The van der Waals surface area contributed by atoms with Gasteiger partial charge in [-0.2, -0.15) is 10.1 Å². The molecule has 3 rings (SSSR count). The van der Waals surface area contributed by atoms with Crippen LogP contribution in [0.2, 0.25) is 5.02 Å². The first-order chi connectivity index (χ1) is 11.0. The summed E-state index contributed by atoms with van der Waals surface area (Å²) < 4.78 is 1.48. The zero-order valence-corrected chi connectivity index (χ0v) is 13.4. The normalized spacial score (nSPS) is 10.6. The number of nitrogens with zero attached hydrogens (tertiary/aromatic N) is 4. The average Bonchev–Trinajstić information content (AvgIpc) is 2.99. The van der Waals surface area contributed by atoms with Crippen LogP contribution in [-0.2, 0) is 0 Å². The van der Waals surface area contributed by atoms with Crippen molar-refractivity contribution in [3.05, 3.63) is 59.0 Å². The van der Waals surface area contributed by atoms with Gasteiger partial charge >= 0.3 is 0 Å². The van der Waals surface area contributed by atoms with Gasteiger partial charge in [0.1, 0.15) is 11.5 Å². The summed E-state index contributed by atoms with van der Waals surface area (Å²) >= 11 is 5.88. The highest BCUT2D eigenvalue weighted by Crippen LogP contribution is 2.19. The van der Waals surface area contributed by atoms with Crippen molar-refractivity contribution in [2.24, 2.45) is 0 Å². The Morgan fingerprint density at radius 2 is 1.91 bits per heavy atom. The van der Waals surface area contributed by atoms with E-state index in [-0.39, 0.29) is 5.78 Å². The van der Waals surface area contributed by atoms with Crippen molar-refractivity contribution in [2.45, 2.75) is 13.8 Å². The van der Waals surface area contributed by atoms with Crippen LogP contribution in [0, 0.1) is 6.92 Å². The van der Waals surface area contributed by atoms with E-state index < -0.39 is 0 Å². The fourth-order valence-electron chi connectivity index (χ4n) is 2.02. The van der Waals surface area contributed by atoms with Crippen LogP contribution in [0.4, 0.5) is 11.5 Å². The second-order valence-electron chi connectivity index (χ2n) is 5.03. The number of aryl methyl sites for hydroxylation is 1. The zero-order chi connectivity index (χ0) is 16.4. The van der Waals surface area contributed by atoms with E-state index in [9.17, 15) is 4.79 Å². The molecule has 0 atom stereocenters. The maximum absolute atomic E-state index is 11.4. The molecule has 1 N–H and O–H groups in total. The number of aromatic nitrogens is 4. The van der Waals surface area contributed by atoms with Crippen LogP contribution in [0.1, 0.15) is 23.1 Å².